The van der Waals surface area contributed by atoms with Crippen molar-refractivity contribution in [1.29, 1.82) is 0 Å². The van der Waals surface area contributed by atoms with Gasteiger partial charge in [0.1, 0.15) is 5.75 Å². The molecule has 0 saturated carbocycles. The average Bonchev–Trinajstić information content (AvgIpc) is 2.59. The largest absolute Gasteiger partial charge is 0.491 e. The van der Waals surface area contributed by atoms with Gasteiger partial charge in [-0.05, 0) is 55.8 Å². The second-order valence-corrected chi connectivity index (χ2v) is 6.11. The van der Waals surface area contributed by atoms with Crippen LogP contribution in [0.3, 0.4) is 0 Å². The summed E-state index contributed by atoms with van der Waals surface area (Å²) in [5, 5.41) is 3.31. The van der Waals surface area contributed by atoms with Crippen molar-refractivity contribution in [3.05, 3.63) is 64.7 Å². The number of ether oxygens (including phenoxy) is 2. The first-order valence-corrected chi connectivity index (χ1v) is 8.27. The van der Waals surface area contributed by atoms with Gasteiger partial charge in [-0.25, -0.2) is 4.79 Å². The Kier molecular flexibility index (Phi) is 6.83. The summed E-state index contributed by atoms with van der Waals surface area (Å²) in [7, 11) is 0. The number of hydrogen-bond acceptors (Lipinski definition) is 4. The van der Waals surface area contributed by atoms with Gasteiger partial charge in [0.2, 0.25) is 0 Å². The van der Waals surface area contributed by atoms with Crippen LogP contribution in [0.15, 0.2) is 48.5 Å². The third-order valence-electron chi connectivity index (χ3n) is 3.20. The Morgan fingerprint density at radius 1 is 1.04 bits per heavy atom. The monoisotopic (exact) mass is 361 g/mol. The SMILES string of the molecule is CC(C)Oc1ccc(C(=O)OCC(=O)NCc2ccc(Cl)cc2)cc1. The number of rotatable bonds is 7. The Bertz CT molecular complexity index is 711. The Balaban J connectivity index is 1.76. The molecule has 6 heteroatoms. The molecule has 0 atom stereocenters. The van der Waals surface area contributed by atoms with Gasteiger partial charge in [-0.2, -0.15) is 0 Å². The van der Waals surface area contributed by atoms with Gasteiger partial charge in [0.15, 0.2) is 6.61 Å². The fourth-order valence-electron chi connectivity index (χ4n) is 2.01. The highest BCUT2D eigenvalue weighted by atomic mass is 35.5. The van der Waals surface area contributed by atoms with Crippen molar-refractivity contribution in [2.45, 2.75) is 26.5 Å². The molecule has 1 amide bonds. The molecule has 0 aliphatic rings. The highest BCUT2D eigenvalue weighted by Crippen LogP contribution is 2.14. The lowest BCUT2D eigenvalue weighted by molar-refractivity contribution is -0.124. The fourth-order valence-corrected chi connectivity index (χ4v) is 2.14. The van der Waals surface area contributed by atoms with E-state index in [-0.39, 0.29) is 18.6 Å². The lowest BCUT2D eigenvalue weighted by Gasteiger charge is -2.10. The number of carbonyl (C=O) groups is 2. The first-order valence-electron chi connectivity index (χ1n) is 7.89. The van der Waals surface area contributed by atoms with E-state index in [9.17, 15) is 9.59 Å². The molecule has 0 bridgehead atoms. The minimum Gasteiger partial charge on any atom is -0.491 e. The van der Waals surface area contributed by atoms with E-state index >= 15 is 0 Å². The first kappa shape index (κ1) is 18.8. The lowest BCUT2D eigenvalue weighted by Crippen LogP contribution is -2.28. The Morgan fingerprint density at radius 3 is 2.28 bits per heavy atom. The smallest absolute Gasteiger partial charge is 0.338 e. The molecule has 2 aromatic carbocycles. The number of amides is 1. The van der Waals surface area contributed by atoms with E-state index in [0.29, 0.717) is 22.9 Å². The molecule has 0 saturated heterocycles. The highest BCUT2D eigenvalue weighted by Gasteiger charge is 2.10. The topological polar surface area (TPSA) is 64.6 Å². The number of esters is 1. The summed E-state index contributed by atoms with van der Waals surface area (Å²) >= 11 is 5.80. The van der Waals surface area contributed by atoms with Gasteiger partial charge in [0, 0.05) is 11.6 Å². The van der Waals surface area contributed by atoms with Crippen LogP contribution < -0.4 is 10.1 Å². The van der Waals surface area contributed by atoms with Crippen LogP contribution in [0.25, 0.3) is 0 Å². The maximum absolute atomic E-state index is 11.9. The van der Waals surface area contributed by atoms with Gasteiger partial charge in [0.25, 0.3) is 5.91 Å². The second-order valence-electron chi connectivity index (χ2n) is 5.67. The van der Waals surface area contributed by atoms with Gasteiger partial charge in [0.05, 0.1) is 11.7 Å². The molecule has 0 unspecified atom stereocenters. The molecule has 0 radical (unpaired) electrons. The van der Waals surface area contributed by atoms with Crippen LogP contribution in [0.5, 0.6) is 5.75 Å². The third kappa shape index (κ3) is 6.47. The predicted octanol–water partition coefficient (Wildman–Crippen LogP) is 3.60. The molecule has 25 heavy (non-hydrogen) atoms. The molecule has 1 N–H and O–H groups in total. The fraction of sp³-hybridized carbons (Fsp3) is 0.263. The summed E-state index contributed by atoms with van der Waals surface area (Å²) < 4.78 is 10.5. The summed E-state index contributed by atoms with van der Waals surface area (Å²) in [6.07, 6.45) is 0.0575. The number of nitrogens with one attached hydrogen (secondary N) is 1. The maximum atomic E-state index is 11.9. The normalized spacial score (nSPS) is 10.4. The van der Waals surface area contributed by atoms with E-state index in [1.165, 1.54) is 0 Å². The standard InChI is InChI=1S/C19H20ClNO4/c1-13(2)25-17-9-5-15(6-10-17)19(23)24-12-18(22)21-11-14-3-7-16(20)8-4-14/h3-10,13H,11-12H2,1-2H3,(H,21,22). The van der Waals surface area contributed by atoms with Crippen LogP contribution in [0.1, 0.15) is 29.8 Å². The Labute approximate surface area is 151 Å². The zero-order chi connectivity index (χ0) is 18.2. The van der Waals surface area contributed by atoms with Crippen molar-refractivity contribution in [3.8, 4) is 5.75 Å². The Hall–Kier alpha value is -2.53. The third-order valence-corrected chi connectivity index (χ3v) is 3.45. The molecule has 0 fully saturated rings. The van der Waals surface area contributed by atoms with Crippen molar-refractivity contribution in [2.24, 2.45) is 0 Å². The van der Waals surface area contributed by atoms with E-state index in [2.05, 4.69) is 5.32 Å². The van der Waals surface area contributed by atoms with E-state index in [1.54, 1.807) is 36.4 Å². The van der Waals surface area contributed by atoms with Crippen molar-refractivity contribution in [2.75, 3.05) is 6.61 Å². The van der Waals surface area contributed by atoms with E-state index in [1.807, 2.05) is 26.0 Å². The molecule has 0 aliphatic carbocycles. The quantitative estimate of drug-likeness (QED) is 0.765. The van der Waals surface area contributed by atoms with E-state index in [0.717, 1.165) is 5.56 Å². The van der Waals surface area contributed by atoms with Gasteiger partial charge in [-0.3, -0.25) is 4.79 Å². The number of benzene rings is 2. The van der Waals surface area contributed by atoms with Crippen molar-refractivity contribution in [1.82, 2.24) is 5.32 Å². The van der Waals surface area contributed by atoms with Crippen LogP contribution in [-0.4, -0.2) is 24.6 Å². The molecule has 2 aromatic rings. The number of hydrogen-bond donors (Lipinski definition) is 1. The van der Waals surface area contributed by atoms with Crippen LogP contribution in [-0.2, 0) is 16.1 Å². The zero-order valence-electron chi connectivity index (χ0n) is 14.1. The number of carbonyl (C=O) groups excluding carboxylic acids is 2. The van der Waals surface area contributed by atoms with Gasteiger partial charge in [-0.1, -0.05) is 23.7 Å². The molecule has 2 rings (SSSR count). The summed E-state index contributed by atoms with van der Waals surface area (Å²) in [6.45, 7) is 3.85. The maximum Gasteiger partial charge on any atom is 0.338 e. The van der Waals surface area contributed by atoms with Crippen molar-refractivity contribution in [3.63, 3.8) is 0 Å². The van der Waals surface area contributed by atoms with Crippen LogP contribution in [0, 0.1) is 0 Å². The molecule has 0 heterocycles. The molecule has 132 valence electrons. The average molecular weight is 362 g/mol. The van der Waals surface area contributed by atoms with Crippen molar-refractivity contribution >= 4 is 23.5 Å². The van der Waals surface area contributed by atoms with E-state index < -0.39 is 5.97 Å². The molecular weight excluding hydrogens is 342 g/mol. The van der Waals surface area contributed by atoms with Crippen LogP contribution >= 0.6 is 11.6 Å². The predicted molar refractivity (Wildman–Crippen MR) is 95.8 cm³/mol. The molecule has 5 nitrogen and oxygen atoms in total. The summed E-state index contributed by atoms with van der Waals surface area (Å²) in [5.41, 5.74) is 1.27. The second kappa shape index (κ2) is 9.08. The zero-order valence-corrected chi connectivity index (χ0v) is 14.9. The molecule has 0 spiro atoms. The number of halogens is 1. The van der Waals surface area contributed by atoms with Crippen LogP contribution in [0.2, 0.25) is 5.02 Å². The summed E-state index contributed by atoms with van der Waals surface area (Å²) in [4.78, 5) is 23.7. The minimum atomic E-state index is -0.558. The molecule has 0 aromatic heterocycles. The molecule has 0 aliphatic heterocycles. The molecular formula is C19H20ClNO4. The first-order chi connectivity index (χ1) is 11.9. The Morgan fingerprint density at radius 2 is 1.68 bits per heavy atom. The highest BCUT2D eigenvalue weighted by molar-refractivity contribution is 6.30. The van der Waals surface area contributed by atoms with E-state index in [4.69, 9.17) is 21.1 Å². The summed E-state index contributed by atoms with van der Waals surface area (Å²) in [5.74, 6) is -0.256. The minimum absolute atomic E-state index is 0.0575. The van der Waals surface area contributed by atoms with Crippen LogP contribution in [0.4, 0.5) is 0 Å². The van der Waals surface area contributed by atoms with Gasteiger partial charge in [-0.15, -0.1) is 0 Å². The lowest BCUT2D eigenvalue weighted by atomic mass is 10.2. The van der Waals surface area contributed by atoms with Gasteiger partial charge < -0.3 is 14.8 Å². The van der Waals surface area contributed by atoms with Gasteiger partial charge >= 0.3 is 5.97 Å². The van der Waals surface area contributed by atoms with Crippen molar-refractivity contribution < 1.29 is 19.1 Å². The summed E-state index contributed by atoms with van der Waals surface area (Å²) in [6, 6.07) is 13.7.